The van der Waals surface area contributed by atoms with Gasteiger partial charge in [0.15, 0.2) is 6.61 Å². The number of benzene rings is 1. The predicted octanol–water partition coefficient (Wildman–Crippen LogP) is 3.77. The lowest BCUT2D eigenvalue weighted by atomic mass is 10.2. The molecule has 1 heterocycles. The Labute approximate surface area is 140 Å². The van der Waals surface area contributed by atoms with Crippen LogP contribution in [0.1, 0.15) is 20.7 Å². The molecule has 21 heavy (non-hydrogen) atoms. The average molecular weight is 437 g/mol. The van der Waals surface area contributed by atoms with Gasteiger partial charge in [-0.3, -0.25) is 9.59 Å². The molecule has 0 bridgehead atoms. The van der Waals surface area contributed by atoms with E-state index in [1.807, 2.05) is 0 Å². The first kappa shape index (κ1) is 16.1. The molecular weight excluding hydrogens is 429 g/mol. The number of hydrogen-bond donors (Lipinski definition) is 1. The van der Waals surface area contributed by atoms with Crippen LogP contribution in [0, 0.1) is 5.82 Å². The lowest BCUT2D eigenvalue weighted by molar-refractivity contribution is 0.0919. The first-order chi connectivity index (χ1) is 9.88. The van der Waals surface area contributed by atoms with Crippen molar-refractivity contribution >= 4 is 54.9 Å². The van der Waals surface area contributed by atoms with E-state index in [0.717, 1.165) is 9.85 Å². The maximum absolute atomic E-state index is 13.5. The minimum Gasteiger partial charge on any atom is -0.485 e. The zero-order valence-electron chi connectivity index (χ0n) is 10.4. The highest BCUT2D eigenvalue weighted by molar-refractivity contribution is 9.12. The van der Waals surface area contributed by atoms with E-state index in [-0.39, 0.29) is 23.7 Å². The smallest absolute Gasteiger partial charge is 0.251 e. The Morgan fingerprint density at radius 1 is 1.24 bits per heavy atom. The highest BCUT2D eigenvalue weighted by Crippen LogP contribution is 2.32. The maximum atomic E-state index is 13.5. The number of thiophene rings is 1. The summed E-state index contributed by atoms with van der Waals surface area (Å²) >= 11 is 7.93. The van der Waals surface area contributed by atoms with Crippen LogP contribution in [0.15, 0.2) is 31.8 Å². The van der Waals surface area contributed by atoms with Crippen LogP contribution in [0.2, 0.25) is 0 Å². The van der Waals surface area contributed by atoms with Gasteiger partial charge in [0.1, 0.15) is 11.6 Å². The number of Topliss-reactive ketones (excluding diaryl/α,β-unsaturated/α-hetero) is 1. The van der Waals surface area contributed by atoms with Crippen LogP contribution in [-0.4, -0.2) is 18.3 Å². The molecule has 0 radical (unpaired) electrons. The summed E-state index contributed by atoms with van der Waals surface area (Å²) in [6.45, 7) is -0.239. The van der Waals surface area contributed by atoms with Crippen molar-refractivity contribution in [2.45, 2.75) is 0 Å². The molecule has 2 N–H and O–H groups in total. The highest BCUT2D eigenvalue weighted by atomic mass is 79.9. The molecule has 110 valence electrons. The van der Waals surface area contributed by atoms with Crippen molar-refractivity contribution in [3.05, 3.63) is 48.8 Å². The van der Waals surface area contributed by atoms with E-state index in [9.17, 15) is 14.0 Å². The van der Waals surface area contributed by atoms with Crippen molar-refractivity contribution in [3.8, 4) is 5.75 Å². The van der Waals surface area contributed by atoms with E-state index in [0.29, 0.717) is 9.35 Å². The van der Waals surface area contributed by atoms with Gasteiger partial charge < -0.3 is 10.5 Å². The number of primary amides is 1. The number of amides is 1. The third kappa shape index (κ3) is 3.90. The summed E-state index contributed by atoms with van der Waals surface area (Å²) in [5, 5.41) is 0. The second kappa shape index (κ2) is 6.67. The minimum atomic E-state index is -0.859. The number of hydrogen-bond acceptors (Lipinski definition) is 4. The fourth-order valence-corrected chi connectivity index (χ4v) is 4.40. The molecule has 0 aliphatic carbocycles. The second-order valence-corrected chi connectivity index (χ2v) is 7.70. The third-order valence-corrected chi connectivity index (χ3v) is 4.87. The van der Waals surface area contributed by atoms with Gasteiger partial charge in [0.05, 0.1) is 13.1 Å². The minimum absolute atomic E-state index is 0.149. The van der Waals surface area contributed by atoms with Crippen LogP contribution in [-0.2, 0) is 0 Å². The summed E-state index contributed by atoms with van der Waals surface area (Å²) in [5.41, 5.74) is 5.26. The second-order valence-electron chi connectivity index (χ2n) is 3.96. The van der Waals surface area contributed by atoms with E-state index in [2.05, 4.69) is 31.9 Å². The Hall–Kier alpha value is -1.25. The lowest BCUT2D eigenvalue weighted by Crippen LogP contribution is -2.14. The molecule has 1 amide bonds. The van der Waals surface area contributed by atoms with Crippen LogP contribution >= 0.6 is 43.2 Å². The van der Waals surface area contributed by atoms with E-state index in [1.165, 1.54) is 23.5 Å². The normalized spacial score (nSPS) is 10.4. The van der Waals surface area contributed by atoms with Crippen LogP contribution in [0.3, 0.4) is 0 Å². The van der Waals surface area contributed by atoms with E-state index >= 15 is 0 Å². The molecule has 8 heteroatoms. The van der Waals surface area contributed by atoms with E-state index < -0.39 is 11.7 Å². The molecule has 0 aliphatic rings. The fraction of sp³-hybridized carbons (Fsp3) is 0.0769. The van der Waals surface area contributed by atoms with Gasteiger partial charge in [0.25, 0.3) is 5.91 Å². The average Bonchev–Trinajstić information content (AvgIpc) is 2.74. The molecule has 4 nitrogen and oxygen atoms in total. The van der Waals surface area contributed by atoms with Gasteiger partial charge in [0.2, 0.25) is 5.78 Å². The van der Waals surface area contributed by atoms with Gasteiger partial charge in [0, 0.05) is 11.6 Å². The Kier molecular flexibility index (Phi) is 5.13. The quantitative estimate of drug-likeness (QED) is 0.725. The van der Waals surface area contributed by atoms with E-state index in [1.54, 1.807) is 6.07 Å². The summed E-state index contributed by atoms with van der Waals surface area (Å²) in [6.07, 6.45) is 0. The Balaban J connectivity index is 2.06. The van der Waals surface area contributed by atoms with Crippen LogP contribution in [0.4, 0.5) is 4.39 Å². The molecule has 0 aliphatic heterocycles. The monoisotopic (exact) mass is 435 g/mol. The predicted molar refractivity (Wildman–Crippen MR) is 84.5 cm³/mol. The first-order valence-electron chi connectivity index (χ1n) is 5.58. The SMILES string of the molecule is NC(=O)c1ccc(OCC(=O)c2cc(Br)sc2Br)cc1F. The van der Waals surface area contributed by atoms with Crippen molar-refractivity contribution in [1.29, 1.82) is 0 Å². The summed E-state index contributed by atoms with van der Waals surface area (Å²) in [6, 6.07) is 5.30. The zero-order valence-corrected chi connectivity index (χ0v) is 14.3. The van der Waals surface area contributed by atoms with Crippen molar-refractivity contribution in [2.75, 3.05) is 6.61 Å². The molecule has 0 unspecified atom stereocenters. The molecule has 0 saturated heterocycles. The molecular formula is C13H8Br2FNO3S. The molecule has 2 rings (SSSR count). The van der Waals surface area contributed by atoms with E-state index in [4.69, 9.17) is 10.5 Å². The lowest BCUT2D eigenvalue weighted by Gasteiger charge is -2.06. The zero-order chi connectivity index (χ0) is 15.6. The number of carbonyl (C=O) groups excluding carboxylic acids is 2. The van der Waals surface area contributed by atoms with Gasteiger partial charge in [-0.2, -0.15) is 0 Å². The van der Waals surface area contributed by atoms with Crippen molar-refractivity contribution in [2.24, 2.45) is 5.73 Å². The van der Waals surface area contributed by atoms with Crippen molar-refractivity contribution in [1.82, 2.24) is 0 Å². The molecule has 0 spiro atoms. The third-order valence-electron chi connectivity index (χ3n) is 2.53. The molecule has 0 atom stereocenters. The van der Waals surface area contributed by atoms with Gasteiger partial charge in [-0.25, -0.2) is 4.39 Å². The van der Waals surface area contributed by atoms with Gasteiger partial charge in [-0.1, -0.05) is 0 Å². The van der Waals surface area contributed by atoms with Gasteiger partial charge in [-0.05, 0) is 50.1 Å². The fourth-order valence-electron chi connectivity index (χ4n) is 1.54. The number of halogens is 3. The summed E-state index contributed by atoms with van der Waals surface area (Å²) < 4.78 is 20.3. The topological polar surface area (TPSA) is 69.4 Å². The summed E-state index contributed by atoms with van der Waals surface area (Å²) in [7, 11) is 0. The highest BCUT2D eigenvalue weighted by Gasteiger charge is 2.15. The Bertz CT molecular complexity index is 717. The summed E-state index contributed by atoms with van der Waals surface area (Å²) in [5.74, 6) is -1.74. The van der Waals surface area contributed by atoms with Gasteiger partial charge >= 0.3 is 0 Å². The van der Waals surface area contributed by atoms with Crippen molar-refractivity contribution < 1.29 is 18.7 Å². The number of ketones is 1. The number of ether oxygens (including phenoxy) is 1. The maximum Gasteiger partial charge on any atom is 0.251 e. The van der Waals surface area contributed by atoms with Crippen LogP contribution < -0.4 is 10.5 Å². The number of nitrogens with two attached hydrogens (primary N) is 1. The van der Waals surface area contributed by atoms with Crippen LogP contribution in [0.25, 0.3) is 0 Å². The van der Waals surface area contributed by atoms with Crippen LogP contribution in [0.5, 0.6) is 5.75 Å². The Morgan fingerprint density at radius 2 is 1.95 bits per heavy atom. The Morgan fingerprint density at radius 3 is 2.48 bits per heavy atom. The standard InChI is InChI=1S/C13H8Br2FNO3S/c14-11-4-8(12(15)21-11)10(18)5-20-6-1-2-7(13(17)19)9(16)3-6/h1-4H,5H2,(H2,17,19). The molecule has 1 aromatic carbocycles. The number of rotatable bonds is 5. The van der Waals surface area contributed by atoms with Crippen molar-refractivity contribution in [3.63, 3.8) is 0 Å². The number of carbonyl (C=O) groups is 2. The molecule has 0 saturated carbocycles. The molecule has 1 aromatic heterocycles. The first-order valence-corrected chi connectivity index (χ1v) is 7.99. The molecule has 0 fully saturated rings. The summed E-state index contributed by atoms with van der Waals surface area (Å²) in [4.78, 5) is 22.9. The molecule has 2 aromatic rings. The largest absolute Gasteiger partial charge is 0.485 e. The van der Waals surface area contributed by atoms with Gasteiger partial charge in [-0.15, -0.1) is 11.3 Å².